The molecule has 1 atom stereocenters. The number of nitrogens with zero attached hydrogens (tertiary/aromatic N) is 2. The lowest BCUT2D eigenvalue weighted by Gasteiger charge is -2.14. The fourth-order valence-corrected chi connectivity index (χ4v) is 3.48. The second-order valence-electron chi connectivity index (χ2n) is 5.78. The van der Waals surface area contributed by atoms with Crippen molar-refractivity contribution in [3.8, 4) is 0 Å². The highest BCUT2D eigenvalue weighted by Gasteiger charge is 2.23. The van der Waals surface area contributed by atoms with E-state index in [1.54, 1.807) is 18.0 Å². The van der Waals surface area contributed by atoms with Gasteiger partial charge in [-0.05, 0) is 30.6 Å². The van der Waals surface area contributed by atoms with Crippen molar-refractivity contribution in [3.05, 3.63) is 42.2 Å². The van der Waals surface area contributed by atoms with Gasteiger partial charge in [-0.1, -0.05) is 18.2 Å². The summed E-state index contributed by atoms with van der Waals surface area (Å²) in [5.74, 6) is -0.847. The maximum Gasteiger partial charge on any atom is 0.326 e. The third-order valence-electron chi connectivity index (χ3n) is 4.24. The number of carboxylic acids is 1. The van der Waals surface area contributed by atoms with E-state index in [-0.39, 0.29) is 5.69 Å². The smallest absolute Gasteiger partial charge is 0.326 e. The van der Waals surface area contributed by atoms with Gasteiger partial charge >= 0.3 is 5.97 Å². The number of carbonyl (C=O) groups is 2. The SMILES string of the molecule is CSCC[C@H](NC(=O)c1nccc2c3ccccc3n(C)c12)C(=O)O. The minimum atomic E-state index is -1.04. The second kappa shape index (κ2) is 7.14. The van der Waals surface area contributed by atoms with Gasteiger partial charge in [0.25, 0.3) is 5.91 Å². The molecule has 25 heavy (non-hydrogen) atoms. The Morgan fingerprint density at radius 2 is 2.04 bits per heavy atom. The van der Waals surface area contributed by atoms with E-state index in [1.165, 1.54) is 0 Å². The molecule has 7 heteroatoms. The molecule has 0 aliphatic rings. The zero-order valence-corrected chi connectivity index (χ0v) is 14.8. The average molecular weight is 357 g/mol. The standard InChI is InChI=1S/C18H19N3O3S/c1-21-14-6-4-3-5-11(14)12-7-9-19-15(16(12)21)17(22)20-13(18(23)24)8-10-25-2/h3-7,9,13H,8,10H2,1-2H3,(H,20,22)(H,23,24)/t13-/m0/s1. The highest BCUT2D eigenvalue weighted by Crippen LogP contribution is 2.29. The molecule has 0 saturated carbocycles. The van der Waals surface area contributed by atoms with Gasteiger partial charge in [0.1, 0.15) is 6.04 Å². The van der Waals surface area contributed by atoms with E-state index in [2.05, 4.69) is 10.3 Å². The first-order valence-electron chi connectivity index (χ1n) is 7.89. The summed E-state index contributed by atoms with van der Waals surface area (Å²) >= 11 is 1.54. The Kier molecular flexibility index (Phi) is 4.94. The Balaban J connectivity index is 2.03. The number of rotatable bonds is 6. The summed E-state index contributed by atoms with van der Waals surface area (Å²) in [6.45, 7) is 0. The Morgan fingerprint density at radius 3 is 2.76 bits per heavy atom. The van der Waals surface area contributed by atoms with Gasteiger partial charge in [0.15, 0.2) is 5.69 Å². The van der Waals surface area contributed by atoms with Crippen LogP contribution in [-0.4, -0.2) is 44.6 Å². The van der Waals surface area contributed by atoms with Gasteiger partial charge in [-0.25, -0.2) is 9.78 Å². The Bertz CT molecular complexity index is 951. The summed E-state index contributed by atoms with van der Waals surface area (Å²) in [6.07, 6.45) is 3.85. The number of para-hydroxylation sites is 1. The Labute approximate surface area is 149 Å². The predicted molar refractivity (Wildman–Crippen MR) is 100 cm³/mol. The molecule has 2 heterocycles. The molecule has 3 rings (SSSR count). The fraction of sp³-hybridized carbons (Fsp3) is 0.278. The first kappa shape index (κ1) is 17.3. The number of carbonyl (C=O) groups excluding carboxylic acids is 1. The lowest BCUT2D eigenvalue weighted by atomic mass is 10.1. The van der Waals surface area contributed by atoms with Crippen LogP contribution in [-0.2, 0) is 11.8 Å². The molecule has 6 nitrogen and oxygen atoms in total. The van der Waals surface area contributed by atoms with Gasteiger partial charge < -0.3 is 15.0 Å². The molecule has 1 amide bonds. The molecular weight excluding hydrogens is 338 g/mol. The highest BCUT2D eigenvalue weighted by atomic mass is 32.2. The molecule has 0 saturated heterocycles. The lowest BCUT2D eigenvalue weighted by Crippen LogP contribution is -2.41. The molecule has 2 aromatic heterocycles. The lowest BCUT2D eigenvalue weighted by molar-refractivity contribution is -0.139. The number of aromatic nitrogens is 2. The summed E-state index contributed by atoms with van der Waals surface area (Å²) < 4.78 is 1.92. The molecule has 2 N–H and O–H groups in total. The number of hydrogen-bond donors (Lipinski definition) is 2. The normalized spacial score (nSPS) is 12.4. The first-order valence-corrected chi connectivity index (χ1v) is 9.28. The number of aliphatic carboxylic acids is 1. The van der Waals surface area contributed by atoms with Crippen LogP contribution in [0.4, 0.5) is 0 Å². The van der Waals surface area contributed by atoms with Crippen molar-refractivity contribution in [3.63, 3.8) is 0 Å². The van der Waals surface area contributed by atoms with Crippen LogP contribution in [0.2, 0.25) is 0 Å². The second-order valence-corrected chi connectivity index (χ2v) is 6.76. The van der Waals surface area contributed by atoms with Crippen molar-refractivity contribution < 1.29 is 14.7 Å². The van der Waals surface area contributed by atoms with Gasteiger partial charge in [-0.15, -0.1) is 0 Å². The van der Waals surface area contributed by atoms with Gasteiger partial charge in [-0.2, -0.15) is 11.8 Å². The molecule has 1 aromatic carbocycles. The third kappa shape index (κ3) is 3.19. The quantitative estimate of drug-likeness (QED) is 0.708. The minimum absolute atomic E-state index is 0.242. The summed E-state index contributed by atoms with van der Waals surface area (Å²) in [6, 6.07) is 8.82. The van der Waals surface area contributed by atoms with Crippen LogP contribution in [0.5, 0.6) is 0 Å². The average Bonchev–Trinajstić information content (AvgIpc) is 2.91. The predicted octanol–water partition coefficient (Wildman–Crippen LogP) is 2.66. The van der Waals surface area contributed by atoms with E-state index in [0.717, 1.165) is 16.3 Å². The molecule has 0 unspecified atom stereocenters. The van der Waals surface area contributed by atoms with Crippen molar-refractivity contribution in [2.45, 2.75) is 12.5 Å². The van der Waals surface area contributed by atoms with Gasteiger partial charge in [0.2, 0.25) is 0 Å². The van der Waals surface area contributed by atoms with Gasteiger partial charge in [0.05, 0.1) is 5.52 Å². The Morgan fingerprint density at radius 1 is 1.28 bits per heavy atom. The maximum atomic E-state index is 12.7. The molecule has 0 aliphatic heterocycles. The number of pyridine rings is 1. The molecule has 3 aromatic rings. The monoisotopic (exact) mass is 357 g/mol. The van der Waals surface area contributed by atoms with E-state index < -0.39 is 17.9 Å². The van der Waals surface area contributed by atoms with Crippen LogP contribution < -0.4 is 5.32 Å². The largest absolute Gasteiger partial charge is 0.480 e. The van der Waals surface area contributed by atoms with Crippen LogP contribution in [0.15, 0.2) is 36.5 Å². The zero-order chi connectivity index (χ0) is 18.0. The van der Waals surface area contributed by atoms with Gasteiger partial charge in [0, 0.05) is 29.5 Å². The van der Waals surface area contributed by atoms with Gasteiger partial charge in [-0.3, -0.25) is 4.79 Å². The van der Waals surface area contributed by atoms with Crippen LogP contribution in [0.25, 0.3) is 21.8 Å². The van der Waals surface area contributed by atoms with Crippen molar-refractivity contribution >= 4 is 45.4 Å². The zero-order valence-electron chi connectivity index (χ0n) is 14.0. The molecule has 0 fully saturated rings. The number of thioether (sulfide) groups is 1. The molecular formula is C18H19N3O3S. The summed E-state index contributed by atoms with van der Waals surface area (Å²) in [7, 11) is 1.88. The van der Waals surface area contributed by atoms with Crippen LogP contribution >= 0.6 is 11.8 Å². The molecule has 0 aliphatic carbocycles. The van der Waals surface area contributed by atoms with Crippen molar-refractivity contribution in [1.29, 1.82) is 0 Å². The topological polar surface area (TPSA) is 84.2 Å². The fourth-order valence-electron chi connectivity index (χ4n) is 3.01. The molecule has 0 spiro atoms. The minimum Gasteiger partial charge on any atom is -0.480 e. The molecule has 0 radical (unpaired) electrons. The molecule has 0 bridgehead atoms. The third-order valence-corrected chi connectivity index (χ3v) is 4.89. The van der Waals surface area contributed by atoms with E-state index in [9.17, 15) is 14.7 Å². The van der Waals surface area contributed by atoms with Crippen LogP contribution in [0.1, 0.15) is 16.9 Å². The number of hydrogen-bond acceptors (Lipinski definition) is 4. The number of benzene rings is 1. The summed E-state index contributed by atoms with van der Waals surface area (Å²) in [4.78, 5) is 28.3. The first-order chi connectivity index (χ1) is 12.0. The maximum absolute atomic E-state index is 12.7. The summed E-state index contributed by atoms with van der Waals surface area (Å²) in [5, 5.41) is 13.9. The van der Waals surface area contributed by atoms with Crippen molar-refractivity contribution in [2.24, 2.45) is 7.05 Å². The molecule has 130 valence electrons. The Hall–Kier alpha value is -2.54. The number of fused-ring (bicyclic) bond motifs is 3. The van der Waals surface area contributed by atoms with E-state index in [4.69, 9.17) is 0 Å². The number of nitrogens with one attached hydrogen (secondary N) is 1. The number of aryl methyl sites for hydroxylation is 1. The summed E-state index contributed by atoms with van der Waals surface area (Å²) in [5.41, 5.74) is 1.94. The van der Waals surface area contributed by atoms with E-state index in [0.29, 0.717) is 17.7 Å². The number of carboxylic acid groups (broad SMARTS) is 1. The van der Waals surface area contributed by atoms with Crippen molar-refractivity contribution in [1.82, 2.24) is 14.9 Å². The van der Waals surface area contributed by atoms with E-state index >= 15 is 0 Å². The number of amides is 1. The van der Waals surface area contributed by atoms with E-state index in [1.807, 2.05) is 48.2 Å². The highest BCUT2D eigenvalue weighted by molar-refractivity contribution is 7.98. The van der Waals surface area contributed by atoms with Crippen LogP contribution in [0, 0.1) is 0 Å². The van der Waals surface area contributed by atoms with Crippen LogP contribution in [0.3, 0.4) is 0 Å². The van der Waals surface area contributed by atoms with Crippen molar-refractivity contribution in [2.75, 3.05) is 12.0 Å².